The summed E-state index contributed by atoms with van der Waals surface area (Å²) in [5.74, 6) is 0.234. The predicted octanol–water partition coefficient (Wildman–Crippen LogP) is 5.79. The number of anilines is 2. The second-order valence-corrected chi connectivity index (χ2v) is 13.1. The van der Waals surface area contributed by atoms with Crippen molar-refractivity contribution in [2.24, 2.45) is 4.40 Å². The van der Waals surface area contributed by atoms with E-state index in [2.05, 4.69) is 16.0 Å². The molecule has 2 atom stereocenters. The van der Waals surface area contributed by atoms with E-state index in [-0.39, 0.29) is 35.6 Å². The van der Waals surface area contributed by atoms with Crippen molar-refractivity contribution in [3.05, 3.63) is 82.7 Å². The van der Waals surface area contributed by atoms with Crippen LogP contribution in [-0.2, 0) is 15.0 Å². The Morgan fingerprint density at radius 2 is 1.79 bits per heavy atom. The number of benzene rings is 1. The van der Waals surface area contributed by atoms with Gasteiger partial charge in [0, 0.05) is 36.9 Å². The molecule has 11 heteroatoms. The van der Waals surface area contributed by atoms with Gasteiger partial charge in [-0.3, -0.25) is 9.78 Å². The van der Waals surface area contributed by atoms with Gasteiger partial charge in [-0.15, -0.1) is 4.40 Å². The molecule has 1 amide bonds. The first-order chi connectivity index (χ1) is 19.9. The van der Waals surface area contributed by atoms with Gasteiger partial charge in [0.05, 0.1) is 27.7 Å². The predicted molar refractivity (Wildman–Crippen MR) is 168 cm³/mol. The number of rotatable bonds is 4. The number of aryl methyl sites for hydroxylation is 2. The number of aromatic nitrogens is 2. The molecule has 5 rings (SSSR count). The molecule has 0 saturated carbocycles. The van der Waals surface area contributed by atoms with Crippen LogP contribution in [0.3, 0.4) is 0 Å². The van der Waals surface area contributed by atoms with Gasteiger partial charge < -0.3 is 9.80 Å². The quantitative estimate of drug-likeness (QED) is 0.349. The molecule has 1 saturated heterocycles. The number of pyridine rings is 2. The smallest absolute Gasteiger partial charge is 0.349 e. The molecule has 0 unspecified atom stereocenters. The molecule has 2 aliphatic heterocycles. The highest BCUT2D eigenvalue weighted by molar-refractivity contribution is 7.92. The van der Waals surface area contributed by atoms with E-state index in [0.717, 1.165) is 16.7 Å². The largest absolute Gasteiger partial charge is 0.352 e. The lowest BCUT2D eigenvalue weighted by atomic mass is 10.0. The lowest BCUT2D eigenvalue weighted by Gasteiger charge is -2.46. The third kappa shape index (κ3) is 5.07. The number of amidine groups is 1. The van der Waals surface area contributed by atoms with Gasteiger partial charge in [-0.25, -0.2) is 4.98 Å². The first kappa shape index (κ1) is 29.7. The lowest BCUT2D eigenvalue weighted by Crippen LogP contribution is -2.60. The molecular weight excluding hydrogens is 572 g/mol. The number of nitrogens with zero attached hydrogens (tertiary/aromatic N) is 6. The van der Waals surface area contributed by atoms with Crippen molar-refractivity contribution in [2.45, 2.75) is 59.5 Å². The Morgan fingerprint density at radius 1 is 1.07 bits per heavy atom. The third-order valence-corrected chi connectivity index (χ3v) is 9.35. The lowest BCUT2D eigenvalue weighted by molar-refractivity contribution is -0.130. The zero-order valence-corrected chi connectivity index (χ0v) is 26.2. The molecule has 9 nitrogen and oxygen atoms in total. The molecule has 2 aliphatic rings. The number of piperazine rings is 1. The van der Waals surface area contributed by atoms with Crippen LogP contribution in [0.15, 0.2) is 59.6 Å². The van der Waals surface area contributed by atoms with Crippen LogP contribution in [0, 0.1) is 13.8 Å². The minimum absolute atomic E-state index is 0.0663. The van der Waals surface area contributed by atoms with Gasteiger partial charge in [0.1, 0.15) is 0 Å². The highest BCUT2D eigenvalue weighted by atomic mass is 35.5. The van der Waals surface area contributed by atoms with Gasteiger partial charge in [-0.1, -0.05) is 56.3 Å². The molecule has 2 aromatic heterocycles. The van der Waals surface area contributed by atoms with E-state index in [1.165, 1.54) is 10.4 Å². The van der Waals surface area contributed by atoms with E-state index in [1.807, 2.05) is 70.7 Å². The monoisotopic (exact) mass is 606 g/mol. The van der Waals surface area contributed by atoms with Crippen LogP contribution in [0.1, 0.15) is 56.0 Å². The second kappa shape index (κ2) is 11.1. The Hall–Kier alpha value is -3.76. The van der Waals surface area contributed by atoms with Crippen LogP contribution < -0.4 is 4.31 Å². The molecule has 0 spiro atoms. The summed E-state index contributed by atoms with van der Waals surface area (Å²) in [4.78, 5) is 25.7. The first-order valence-corrected chi connectivity index (χ1v) is 15.7. The fourth-order valence-corrected chi connectivity index (χ4v) is 7.25. The molecule has 0 aliphatic carbocycles. The summed E-state index contributed by atoms with van der Waals surface area (Å²) in [6.07, 6.45) is 2.98. The van der Waals surface area contributed by atoms with E-state index in [4.69, 9.17) is 16.6 Å². The fraction of sp³-hybridized carbons (Fsp3) is 0.355. The van der Waals surface area contributed by atoms with Gasteiger partial charge in [0.15, 0.2) is 11.7 Å². The van der Waals surface area contributed by atoms with Crippen molar-refractivity contribution in [1.29, 1.82) is 0 Å². The molecule has 0 bridgehead atoms. The number of fused-ring (bicyclic) bond motifs is 1. The Morgan fingerprint density at radius 3 is 2.45 bits per heavy atom. The van der Waals surface area contributed by atoms with Gasteiger partial charge in [-0.05, 0) is 62.9 Å². The Balaban J connectivity index is 1.77. The summed E-state index contributed by atoms with van der Waals surface area (Å²) in [5.41, 5.74) is 4.52. The summed E-state index contributed by atoms with van der Waals surface area (Å²) in [7, 11) is -4.33. The number of hydrogen-bond acceptors (Lipinski definition) is 6. The summed E-state index contributed by atoms with van der Waals surface area (Å²) in [5, 5.41) is 0.378. The minimum atomic E-state index is -4.33. The van der Waals surface area contributed by atoms with Crippen molar-refractivity contribution in [1.82, 2.24) is 19.8 Å². The number of carbonyl (C=O) groups excluding carboxylic acids is 1. The van der Waals surface area contributed by atoms with Crippen molar-refractivity contribution >= 4 is 45.1 Å². The van der Waals surface area contributed by atoms with Crippen LogP contribution in [0.2, 0.25) is 5.02 Å². The van der Waals surface area contributed by atoms with Crippen molar-refractivity contribution in [2.75, 3.05) is 17.4 Å². The van der Waals surface area contributed by atoms with E-state index in [0.29, 0.717) is 40.8 Å². The van der Waals surface area contributed by atoms with Crippen LogP contribution in [-0.4, -0.2) is 65.1 Å². The third-order valence-electron chi connectivity index (χ3n) is 7.84. The average Bonchev–Trinajstić information content (AvgIpc) is 2.94. The van der Waals surface area contributed by atoms with Crippen LogP contribution in [0.4, 0.5) is 11.5 Å². The fourth-order valence-electron chi connectivity index (χ4n) is 5.67. The zero-order chi connectivity index (χ0) is 30.5. The maximum atomic E-state index is 14.3. The number of carbonyl (C=O) groups is 1. The van der Waals surface area contributed by atoms with Gasteiger partial charge in [-0.2, -0.15) is 12.7 Å². The second-order valence-electron chi connectivity index (χ2n) is 11.2. The topological polar surface area (TPSA) is 99.1 Å². The van der Waals surface area contributed by atoms with E-state index in [1.54, 1.807) is 23.2 Å². The number of hydrogen-bond donors (Lipinski definition) is 0. The summed E-state index contributed by atoms with van der Waals surface area (Å²) in [6, 6.07) is 10.8. The Bertz CT molecular complexity index is 1720. The molecule has 0 radical (unpaired) electrons. The van der Waals surface area contributed by atoms with E-state index in [9.17, 15) is 13.2 Å². The molecule has 3 aromatic rings. The van der Waals surface area contributed by atoms with E-state index < -0.39 is 10.2 Å². The minimum Gasteiger partial charge on any atom is -0.349 e. The molecule has 0 N–H and O–H groups in total. The zero-order valence-electron chi connectivity index (χ0n) is 24.7. The summed E-state index contributed by atoms with van der Waals surface area (Å²) < 4.78 is 34.2. The van der Waals surface area contributed by atoms with Crippen molar-refractivity contribution < 1.29 is 13.2 Å². The van der Waals surface area contributed by atoms with Crippen LogP contribution >= 0.6 is 11.6 Å². The number of amides is 1. The molecule has 220 valence electrons. The molecule has 4 heterocycles. The molecule has 1 aromatic carbocycles. The average molecular weight is 607 g/mol. The number of halogens is 1. The van der Waals surface area contributed by atoms with E-state index >= 15 is 0 Å². The maximum absolute atomic E-state index is 14.3. The molecular formula is C31H35ClN6O3S. The standard InChI is InChI=1S/C31H35ClN6O3S/c1-8-26(39)36-16-22(7)37(17-21(36)6)31-24-15-25(32)28(23-12-10-9-11-19(23)4)34-30(24)38(42(40,41)35-31)29-20(5)13-14-33-27(29)18(2)3/h8-15,18,21-22H,1,16-17H2,2-7H3/t21-,22+/m1/s1. The van der Waals surface area contributed by atoms with Crippen LogP contribution in [0.5, 0.6) is 0 Å². The van der Waals surface area contributed by atoms with Gasteiger partial charge >= 0.3 is 10.2 Å². The normalized spacial score (nSPS) is 19.9. The maximum Gasteiger partial charge on any atom is 0.352 e. The van der Waals surface area contributed by atoms with Gasteiger partial charge in [0.2, 0.25) is 5.91 Å². The Kier molecular flexibility index (Phi) is 7.89. The first-order valence-electron chi connectivity index (χ1n) is 13.9. The summed E-state index contributed by atoms with van der Waals surface area (Å²) in [6.45, 7) is 16.0. The van der Waals surface area contributed by atoms with Gasteiger partial charge in [0.25, 0.3) is 0 Å². The van der Waals surface area contributed by atoms with Crippen molar-refractivity contribution in [3.63, 3.8) is 0 Å². The Labute approximate surface area is 252 Å². The summed E-state index contributed by atoms with van der Waals surface area (Å²) >= 11 is 6.92. The highest BCUT2D eigenvalue weighted by Crippen LogP contribution is 2.44. The molecule has 1 fully saturated rings. The SMILES string of the molecule is C=CC(=O)N1C[C@H](C)N(C2=NS(=O)(=O)N(c3c(C)ccnc3C(C)C)c3nc(-c4ccccc4C)c(Cl)cc32)C[C@H]1C. The molecule has 42 heavy (non-hydrogen) atoms. The highest BCUT2D eigenvalue weighted by Gasteiger charge is 2.42. The van der Waals surface area contributed by atoms with Crippen molar-refractivity contribution in [3.8, 4) is 11.3 Å². The van der Waals surface area contributed by atoms with Crippen LogP contribution in [0.25, 0.3) is 11.3 Å².